The molecule has 0 bridgehead atoms. The van der Waals surface area contributed by atoms with Crippen molar-refractivity contribution in [3.8, 4) is 17.2 Å². The van der Waals surface area contributed by atoms with E-state index >= 15 is 0 Å². The van der Waals surface area contributed by atoms with E-state index in [4.69, 9.17) is 14.7 Å². The summed E-state index contributed by atoms with van der Waals surface area (Å²) in [5.41, 5.74) is 3.10. The van der Waals surface area contributed by atoms with Crippen LogP contribution in [0.25, 0.3) is 0 Å². The van der Waals surface area contributed by atoms with Crippen LogP contribution in [0.5, 0.6) is 17.2 Å². The van der Waals surface area contributed by atoms with Crippen LogP contribution in [0.3, 0.4) is 0 Å². The highest BCUT2D eigenvalue weighted by molar-refractivity contribution is 5.36. The number of ether oxygens (including phenoxy) is 2. The summed E-state index contributed by atoms with van der Waals surface area (Å²) >= 11 is 0. The number of hydrogen-bond acceptors (Lipinski definition) is 4. The van der Waals surface area contributed by atoms with Crippen molar-refractivity contribution < 1.29 is 14.7 Å². The molecular weight excluding hydrogens is 230 g/mol. The fourth-order valence-electron chi connectivity index (χ4n) is 1.55. The molecular formula is C14H15NO3. The maximum Gasteiger partial charge on any atom is 0.127 e. The zero-order valence-electron chi connectivity index (χ0n) is 10.1. The second-order valence-electron chi connectivity index (χ2n) is 3.76. The number of hydrogen-bond donors (Lipinski definition) is 2. The lowest BCUT2D eigenvalue weighted by molar-refractivity contribution is 0.161. The van der Waals surface area contributed by atoms with E-state index in [1.165, 1.54) is 0 Å². The molecule has 0 aliphatic carbocycles. The first-order chi connectivity index (χ1) is 8.81. The largest absolute Gasteiger partial charge is 0.497 e. The molecule has 2 rings (SSSR count). The fourth-order valence-corrected chi connectivity index (χ4v) is 1.55. The van der Waals surface area contributed by atoms with Crippen molar-refractivity contribution in [2.24, 2.45) is 0 Å². The van der Waals surface area contributed by atoms with Gasteiger partial charge in [0, 0.05) is 6.54 Å². The lowest BCUT2D eigenvalue weighted by Crippen LogP contribution is -2.05. The molecule has 0 saturated carbocycles. The van der Waals surface area contributed by atoms with Crippen molar-refractivity contribution in [2.45, 2.75) is 6.54 Å². The maximum absolute atomic E-state index is 8.58. The topological polar surface area (TPSA) is 50.7 Å². The lowest BCUT2D eigenvalue weighted by atomic mass is 10.2. The molecule has 2 aromatic rings. The fraction of sp³-hybridized carbons (Fsp3) is 0.143. The van der Waals surface area contributed by atoms with Crippen LogP contribution in [0.2, 0.25) is 0 Å². The van der Waals surface area contributed by atoms with E-state index in [9.17, 15) is 0 Å². The molecule has 0 heterocycles. The molecule has 0 atom stereocenters. The van der Waals surface area contributed by atoms with Crippen molar-refractivity contribution in [2.75, 3.05) is 7.11 Å². The van der Waals surface area contributed by atoms with Crippen molar-refractivity contribution in [1.29, 1.82) is 0 Å². The first kappa shape index (κ1) is 12.4. The van der Waals surface area contributed by atoms with Crippen LogP contribution in [0.1, 0.15) is 5.56 Å². The molecule has 0 radical (unpaired) electrons. The minimum absolute atomic E-state index is 0.419. The Labute approximate surface area is 106 Å². The summed E-state index contributed by atoms with van der Waals surface area (Å²) in [5, 5.41) is 8.58. The summed E-state index contributed by atoms with van der Waals surface area (Å²) in [5.74, 6) is 2.30. The van der Waals surface area contributed by atoms with Crippen molar-refractivity contribution in [1.82, 2.24) is 5.48 Å². The molecule has 0 aromatic heterocycles. The Morgan fingerprint density at radius 3 is 1.89 bits per heavy atom. The van der Waals surface area contributed by atoms with E-state index in [2.05, 4.69) is 5.48 Å². The van der Waals surface area contributed by atoms with Crippen molar-refractivity contribution in [3.63, 3.8) is 0 Å². The standard InChI is InChI=1S/C14H15NO3/c1-17-12-6-8-14(9-7-12)18-13-4-2-11(3-5-13)10-15-16/h2-9,15-16H,10H2,1H3. The summed E-state index contributed by atoms with van der Waals surface area (Å²) in [4.78, 5) is 0. The van der Waals surface area contributed by atoms with Crippen molar-refractivity contribution >= 4 is 0 Å². The molecule has 0 saturated heterocycles. The minimum atomic E-state index is 0.419. The van der Waals surface area contributed by atoms with Gasteiger partial charge in [-0.1, -0.05) is 12.1 Å². The van der Waals surface area contributed by atoms with E-state index < -0.39 is 0 Å². The first-order valence-corrected chi connectivity index (χ1v) is 5.59. The SMILES string of the molecule is COc1ccc(Oc2ccc(CNO)cc2)cc1. The van der Waals surface area contributed by atoms with Crippen LogP contribution in [-0.2, 0) is 6.54 Å². The molecule has 2 N–H and O–H groups in total. The van der Waals surface area contributed by atoms with Gasteiger partial charge in [-0.05, 0) is 42.0 Å². The average molecular weight is 245 g/mol. The minimum Gasteiger partial charge on any atom is -0.497 e. The number of hydroxylamine groups is 1. The third-order valence-electron chi connectivity index (χ3n) is 2.50. The Balaban J connectivity index is 2.03. The van der Waals surface area contributed by atoms with Crippen molar-refractivity contribution in [3.05, 3.63) is 54.1 Å². The number of rotatable bonds is 5. The summed E-state index contributed by atoms with van der Waals surface area (Å²) in [6, 6.07) is 14.9. The van der Waals surface area contributed by atoms with Gasteiger partial charge >= 0.3 is 0 Å². The van der Waals surface area contributed by atoms with Gasteiger partial charge < -0.3 is 14.7 Å². The smallest absolute Gasteiger partial charge is 0.127 e. The zero-order chi connectivity index (χ0) is 12.8. The quantitative estimate of drug-likeness (QED) is 0.795. The molecule has 0 aliphatic heterocycles. The summed E-state index contributed by atoms with van der Waals surface area (Å²) in [6.45, 7) is 0.419. The van der Waals surface area contributed by atoms with E-state index in [-0.39, 0.29) is 0 Å². The monoisotopic (exact) mass is 245 g/mol. The van der Waals surface area contributed by atoms with Crippen LogP contribution in [-0.4, -0.2) is 12.3 Å². The van der Waals surface area contributed by atoms with Gasteiger partial charge in [0.2, 0.25) is 0 Å². The molecule has 18 heavy (non-hydrogen) atoms. The predicted molar refractivity (Wildman–Crippen MR) is 68.1 cm³/mol. The first-order valence-electron chi connectivity index (χ1n) is 5.59. The number of benzene rings is 2. The highest BCUT2D eigenvalue weighted by atomic mass is 16.5. The van der Waals surface area contributed by atoms with Gasteiger partial charge in [0.05, 0.1) is 7.11 Å². The van der Waals surface area contributed by atoms with Crippen LogP contribution in [0, 0.1) is 0 Å². The normalized spacial score (nSPS) is 10.1. The molecule has 4 heteroatoms. The van der Waals surface area contributed by atoms with Gasteiger partial charge in [0.1, 0.15) is 17.2 Å². The molecule has 0 spiro atoms. The zero-order valence-corrected chi connectivity index (χ0v) is 10.1. The van der Waals surface area contributed by atoms with Gasteiger partial charge in [-0.2, -0.15) is 0 Å². The van der Waals surface area contributed by atoms with Crippen LogP contribution in [0.4, 0.5) is 0 Å². The Hall–Kier alpha value is -2.04. The summed E-state index contributed by atoms with van der Waals surface area (Å²) in [7, 11) is 1.63. The van der Waals surface area contributed by atoms with E-state index in [1.54, 1.807) is 7.11 Å². The molecule has 0 unspecified atom stereocenters. The highest BCUT2D eigenvalue weighted by Gasteiger charge is 1.98. The van der Waals surface area contributed by atoms with Gasteiger partial charge in [-0.15, -0.1) is 0 Å². The van der Waals surface area contributed by atoms with Gasteiger partial charge in [-0.3, -0.25) is 0 Å². The van der Waals surface area contributed by atoms with Gasteiger partial charge in [-0.25, -0.2) is 5.48 Å². The Morgan fingerprint density at radius 1 is 0.889 bits per heavy atom. The second-order valence-corrected chi connectivity index (χ2v) is 3.76. The maximum atomic E-state index is 8.58. The number of methoxy groups -OCH3 is 1. The van der Waals surface area contributed by atoms with Gasteiger partial charge in [0.25, 0.3) is 0 Å². The molecule has 0 amide bonds. The van der Waals surface area contributed by atoms with Crippen LogP contribution < -0.4 is 15.0 Å². The van der Waals surface area contributed by atoms with E-state index in [1.807, 2.05) is 48.5 Å². The molecule has 0 fully saturated rings. The third kappa shape index (κ3) is 3.23. The van der Waals surface area contributed by atoms with Gasteiger partial charge in [0.15, 0.2) is 0 Å². The second kappa shape index (κ2) is 6.05. The van der Waals surface area contributed by atoms with Crippen LogP contribution in [0.15, 0.2) is 48.5 Å². The molecule has 4 nitrogen and oxygen atoms in total. The lowest BCUT2D eigenvalue weighted by Gasteiger charge is -2.07. The Bertz CT molecular complexity index is 479. The Kier molecular flexibility index (Phi) is 4.17. The Morgan fingerprint density at radius 2 is 1.39 bits per heavy atom. The molecule has 0 aliphatic rings. The summed E-state index contributed by atoms with van der Waals surface area (Å²) < 4.78 is 10.7. The highest BCUT2D eigenvalue weighted by Crippen LogP contribution is 2.23. The van der Waals surface area contributed by atoms with Crippen LogP contribution >= 0.6 is 0 Å². The summed E-state index contributed by atoms with van der Waals surface area (Å²) in [6.07, 6.45) is 0. The number of nitrogens with one attached hydrogen (secondary N) is 1. The van der Waals surface area contributed by atoms with E-state index in [0.717, 1.165) is 22.8 Å². The molecule has 94 valence electrons. The third-order valence-corrected chi connectivity index (χ3v) is 2.50. The molecule has 2 aromatic carbocycles. The average Bonchev–Trinajstić information content (AvgIpc) is 2.42. The van der Waals surface area contributed by atoms with E-state index in [0.29, 0.717) is 6.54 Å². The predicted octanol–water partition coefficient (Wildman–Crippen LogP) is 2.97.